The van der Waals surface area contributed by atoms with Crippen LogP contribution in [0.5, 0.6) is 11.5 Å². The zero-order valence-corrected chi connectivity index (χ0v) is 24.3. The van der Waals surface area contributed by atoms with Crippen LogP contribution >= 0.6 is 11.6 Å². The van der Waals surface area contributed by atoms with Gasteiger partial charge in [0.15, 0.2) is 5.82 Å². The number of ether oxygens (including phenoxy) is 2. The molecule has 3 aromatic rings. The lowest BCUT2D eigenvalue weighted by Crippen LogP contribution is -2.08. The van der Waals surface area contributed by atoms with Crippen LogP contribution in [0.1, 0.15) is 107 Å². The first-order chi connectivity index (χ1) is 19.1. The van der Waals surface area contributed by atoms with Crippen molar-refractivity contribution in [2.75, 3.05) is 6.61 Å². The number of rotatable bonds is 18. The predicted molar refractivity (Wildman–Crippen MR) is 160 cm³/mol. The van der Waals surface area contributed by atoms with Crippen LogP contribution in [-0.4, -0.2) is 22.5 Å². The number of benzene rings is 2. The minimum Gasteiger partial charge on any atom is -0.492 e. The van der Waals surface area contributed by atoms with Crippen LogP contribution in [0, 0.1) is 0 Å². The van der Waals surface area contributed by atoms with E-state index in [9.17, 15) is 4.79 Å². The molecule has 0 amide bonds. The monoisotopic (exact) mass is 550 g/mol. The Labute approximate surface area is 239 Å². The highest BCUT2D eigenvalue weighted by Crippen LogP contribution is 2.27. The average molecular weight is 551 g/mol. The first kappa shape index (κ1) is 30.6. The molecule has 0 unspecified atom stereocenters. The summed E-state index contributed by atoms with van der Waals surface area (Å²) in [6, 6.07) is 12.2. The molecule has 0 aliphatic carbocycles. The lowest BCUT2D eigenvalue weighted by atomic mass is 10.1. The number of aromatic nitrogens is 2. The Morgan fingerprint density at radius 2 is 1.38 bits per heavy atom. The molecule has 0 saturated heterocycles. The van der Waals surface area contributed by atoms with Gasteiger partial charge in [0.05, 0.1) is 17.2 Å². The van der Waals surface area contributed by atoms with Crippen molar-refractivity contribution >= 4 is 17.6 Å². The maximum absolute atomic E-state index is 12.7. The van der Waals surface area contributed by atoms with Gasteiger partial charge in [0.1, 0.15) is 11.5 Å². The number of nitrogens with zero attached hydrogens (tertiary/aromatic N) is 2. The van der Waals surface area contributed by atoms with Crippen LogP contribution in [0.3, 0.4) is 0 Å². The van der Waals surface area contributed by atoms with E-state index in [-0.39, 0.29) is 0 Å². The topological polar surface area (TPSA) is 61.3 Å². The SMILES string of the molecule is CCCCCCCCOc1ccc(C(=O)Oc2ccc(-c3ncc(CCCCCCCC)cn3)cc2)cc1Cl. The maximum Gasteiger partial charge on any atom is 0.343 e. The molecular weight excluding hydrogens is 508 g/mol. The highest BCUT2D eigenvalue weighted by Gasteiger charge is 2.13. The Morgan fingerprint density at radius 3 is 2.03 bits per heavy atom. The van der Waals surface area contributed by atoms with Crippen molar-refractivity contribution in [1.29, 1.82) is 0 Å². The molecule has 5 nitrogen and oxygen atoms in total. The van der Waals surface area contributed by atoms with E-state index >= 15 is 0 Å². The Bertz CT molecular complexity index is 1120. The molecule has 1 heterocycles. The number of carbonyl (C=O) groups excluding carboxylic acids is 1. The van der Waals surface area contributed by atoms with Gasteiger partial charge in [0, 0.05) is 18.0 Å². The van der Waals surface area contributed by atoms with Gasteiger partial charge in [-0.25, -0.2) is 14.8 Å². The predicted octanol–water partition coefficient (Wildman–Crippen LogP) is 9.66. The van der Waals surface area contributed by atoms with Gasteiger partial charge >= 0.3 is 5.97 Å². The zero-order valence-electron chi connectivity index (χ0n) is 23.6. The molecule has 0 saturated carbocycles. The molecule has 0 bridgehead atoms. The summed E-state index contributed by atoms with van der Waals surface area (Å²) in [6.45, 7) is 5.07. The standard InChI is InChI=1S/C33H43ClN2O3/c1-3-5-7-9-11-13-15-26-24-35-32(36-25-26)27-16-19-29(20-17-27)39-33(37)28-18-21-31(30(34)23-28)38-22-14-12-10-8-6-4-2/h16-21,23-25H,3-15,22H2,1-2H3. The van der Waals surface area contributed by atoms with Crippen molar-refractivity contribution in [3.8, 4) is 22.9 Å². The molecule has 6 heteroatoms. The van der Waals surface area contributed by atoms with Gasteiger partial charge in [-0.05, 0) is 67.3 Å². The molecular formula is C33H43ClN2O3. The van der Waals surface area contributed by atoms with Crippen LogP contribution in [0.15, 0.2) is 54.9 Å². The van der Waals surface area contributed by atoms with Gasteiger partial charge in [-0.15, -0.1) is 0 Å². The van der Waals surface area contributed by atoms with Crippen molar-refractivity contribution < 1.29 is 14.3 Å². The molecule has 0 aliphatic heterocycles. The van der Waals surface area contributed by atoms with E-state index in [0.29, 0.717) is 34.5 Å². The van der Waals surface area contributed by atoms with Crippen molar-refractivity contribution in [2.24, 2.45) is 0 Å². The molecule has 3 rings (SSSR count). The second-order valence-corrected chi connectivity index (χ2v) is 10.5. The van der Waals surface area contributed by atoms with Crippen LogP contribution in [-0.2, 0) is 6.42 Å². The third-order valence-electron chi connectivity index (χ3n) is 6.77. The fourth-order valence-electron chi connectivity index (χ4n) is 4.39. The van der Waals surface area contributed by atoms with E-state index in [1.165, 1.54) is 64.2 Å². The molecule has 0 fully saturated rings. The number of carbonyl (C=O) groups is 1. The Hall–Kier alpha value is -2.92. The normalized spacial score (nSPS) is 10.9. The first-order valence-corrected chi connectivity index (χ1v) is 15.0. The van der Waals surface area contributed by atoms with E-state index in [0.717, 1.165) is 30.4 Å². The van der Waals surface area contributed by atoms with Crippen molar-refractivity contribution in [3.63, 3.8) is 0 Å². The maximum atomic E-state index is 12.7. The lowest BCUT2D eigenvalue weighted by molar-refractivity contribution is 0.0734. The summed E-state index contributed by atoms with van der Waals surface area (Å²) in [4.78, 5) is 21.7. The van der Waals surface area contributed by atoms with Gasteiger partial charge in [0.25, 0.3) is 0 Å². The van der Waals surface area contributed by atoms with Gasteiger partial charge in [-0.3, -0.25) is 0 Å². The second kappa shape index (κ2) is 17.6. The van der Waals surface area contributed by atoms with Crippen LogP contribution < -0.4 is 9.47 Å². The summed E-state index contributed by atoms with van der Waals surface area (Å²) in [6.07, 6.45) is 19.7. The molecule has 2 aromatic carbocycles. The molecule has 210 valence electrons. The molecule has 0 aliphatic rings. The summed E-state index contributed by atoms with van der Waals surface area (Å²) < 4.78 is 11.4. The fraction of sp³-hybridized carbons (Fsp3) is 0.485. The largest absolute Gasteiger partial charge is 0.492 e. The minimum absolute atomic E-state index is 0.375. The van der Waals surface area contributed by atoms with E-state index in [1.54, 1.807) is 30.3 Å². The summed E-state index contributed by atoms with van der Waals surface area (Å²) in [7, 11) is 0. The van der Waals surface area contributed by atoms with Crippen LogP contribution in [0.2, 0.25) is 5.02 Å². The molecule has 0 radical (unpaired) electrons. The van der Waals surface area contributed by atoms with Gasteiger partial charge in [-0.1, -0.05) is 89.7 Å². The summed E-state index contributed by atoms with van der Waals surface area (Å²) in [5.41, 5.74) is 2.41. The van der Waals surface area contributed by atoms with Crippen LogP contribution in [0.25, 0.3) is 11.4 Å². The number of hydrogen-bond donors (Lipinski definition) is 0. The number of hydrogen-bond acceptors (Lipinski definition) is 5. The van der Waals surface area contributed by atoms with E-state index in [1.807, 2.05) is 24.5 Å². The highest BCUT2D eigenvalue weighted by atomic mass is 35.5. The third-order valence-corrected chi connectivity index (χ3v) is 7.07. The van der Waals surface area contributed by atoms with E-state index in [4.69, 9.17) is 21.1 Å². The number of unbranched alkanes of at least 4 members (excludes halogenated alkanes) is 10. The summed E-state index contributed by atoms with van der Waals surface area (Å²) >= 11 is 6.36. The first-order valence-electron chi connectivity index (χ1n) is 14.7. The number of halogens is 1. The zero-order chi connectivity index (χ0) is 27.7. The summed E-state index contributed by atoms with van der Waals surface area (Å²) in [5, 5.41) is 0.405. The highest BCUT2D eigenvalue weighted by molar-refractivity contribution is 6.32. The second-order valence-electron chi connectivity index (χ2n) is 10.1. The average Bonchev–Trinajstić information content (AvgIpc) is 2.96. The minimum atomic E-state index is -0.470. The number of aryl methyl sites for hydroxylation is 1. The van der Waals surface area contributed by atoms with Gasteiger partial charge in [0.2, 0.25) is 0 Å². The molecule has 0 atom stereocenters. The van der Waals surface area contributed by atoms with E-state index < -0.39 is 5.97 Å². The van der Waals surface area contributed by atoms with Crippen molar-refractivity contribution in [2.45, 2.75) is 97.3 Å². The molecule has 1 aromatic heterocycles. The third kappa shape index (κ3) is 11.0. The Morgan fingerprint density at radius 1 is 0.769 bits per heavy atom. The smallest absolute Gasteiger partial charge is 0.343 e. The number of esters is 1. The lowest BCUT2D eigenvalue weighted by Gasteiger charge is -2.10. The van der Waals surface area contributed by atoms with Crippen molar-refractivity contribution in [1.82, 2.24) is 9.97 Å². The Balaban J connectivity index is 1.44. The van der Waals surface area contributed by atoms with Crippen LogP contribution in [0.4, 0.5) is 0 Å². The molecule has 39 heavy (non-hydrogen) atoms. The molecule has 0 spiro atoms. The fourth-order valence-corrected chi connectivity index (χ4v) is 4.62. The Kier molecular flexibility index (Phi) is 13.8. The quantitative estimate of drug-likeness (QED) is 0.0895. The molecule has 0 N–H and O–H groups in total. The van der Waals surface area contributed by atoms with E-state index in [2.05, 4.69) is 23.8 Å². The van der Waals surface area contributed by atoms with Gasteiger partial charge < -0.3 is 9.47 Å². The van der Waals surface area contributed by atoms with Gasteiger partial charge in [-0.2, -0.15) is 0 Å². The summed E-state index contributed by atoms with van der Waals surface area (Å²) in [5.74, 6) is 1.22. The van der Waals surface area contributed by atoms with Crippen molar-refractivity contribution in [3.05, 3.63) is 71.0 Å².